The number of amides is 2. The van der Waals surface area contributed by atoms with E-state index in [1.165, 1.54) is 75.7 Å². The van der Waals surface area contributed by atoms with Crippen LogP contribution in [0, 0.1) is 17.8 Å². The van der Waals surface area contributed by atoms with Crippen molar-refractivity contribution in [3.05, 3.63) is 35.4 Å². The lowest BCUT2D eigenvalue weighted by atomic mass is 9.73. The first-order chi connectivity index (χ1) is 14.0. The van der Waals surface area contributed by atoms with Gasteiger partial charge in [-0.05, 0) is 93.5 Å². The number of nitrogens with zero attached hydrogens (tertiary/aromatic N) is 2. The van der Waals surface area contributed by atoms with Crippen molar-refractivity contribution < 1.29 is 4.79 Å². The van der Waals surface area contributed by atoms with Crippen molar-refractivity contribution in [2.24, 2.45) is 17.8 Å². The van der Waals surface area contributed by atoms with Crippen molar-refractivity contribution in [3.8, 4) is 0 Å². The molecule has 0 aromatic heterocycles. The molecule has 2 saturated carbocycles. The average molecular weight is 396 g/mol. The van der Waals surface area contributed by atoms with E-state index in [1.54, 1.807) is 4.90 Å². The van der Waals surface area contributed by atoms with Crippen molar-refractivity contribution in [2.75, 3.05) is 33.7 Å². The molecule has 2 bridgehead atoms. The van der Waals surface area contributed by atoms with E-state index in [4.69, 9.17) is 0 Å². The summed E-state index contributed by atoms with van der Waals surface area (Å²) in [5.41, 5.74) is 3.10. The molecular formula is C25H37N3O. The topological polar surface area (TPSA) is 35.6 Å². The van der Waals surface area contributed by atoms with Crippen LogP contribution in [0.15, 0.2) is 24.3 Å². The lowest BCUT2D eigenvalue weighted by Gasteiger charge is -2.41. The molecule has 4 atom stereocenters. The summed E-state index contributed by atoms with van der Waals surface area (Å²) in [5.74, 6) is 3.14. The van der Waals surface area contributed by atoms with E-state index >= 15 is 0 Å². The fourth-order valence-corrected chi connectivity index (χ4v) is 7.06. The minimum atomic E-state index is 0.0187. The number of carbonyl (C=O) groups is 1. The molecule has 1 N–H and O–H groups in total. The highest BCUT2D eigenvalue weighted by molar-refractivity contribution is 5.74. The van der Waals surface area contributed by atoms with Crippen molar-refractivity contribution >= 4 is 6.03 Å². The Bertz CT molecular complexity index is 752. The Kier molecular flexibility index (Phi) is 5.09. The van der Waals surface area contributed by atoms with Crippen LogP contribution in [-0.2, 0) is 5.41 Å². The second-order valence-electron chi connectivity index (χ2n) is 10.5. The largest absolute Gasteiger partial charge is 0.331 e. The van der Waals surface area contributed by atoms with Gasteiger partial charge in [0, 0.05) is 19.5 Å². The SMILES string of the molecule is CN(C)C(=O)N[C@H]1CC2(CCN(CCC3C[C@@H]4CC[C@@H]3C4)CC2)c2ccccc21. The van der Waals surface area contributed by atoms with Gasteiger partial charge in [0.1, 0.15) is 0 Å². The van der Waals surface area contributed by atoms with Crippen LogP contribution in [0.3, 0.4) is 0 Å². The number of nitrogens with one attached hydrogen (secondary N) is 1. The maximum Gasteiger partial charge on any atom is 0.317 e. The van der Waals surface area contributed by atoms with Crippen molar-refractivity contribution in [1.82, 2.24) is 15.1 Å². The molecule has 4 nitrogen and oxygen atoms in total. The second kappa shape index (κ2) is 7.61. The van der Waals surface area contributed by atoms with E-state index in [0.717, 1.165) is 24.2 Å². The van der Waals surface area contributed by atoms with E-state index in [1.807, 2.05) is 14.1 Å². The first kappa shape index (κ1) is 19.4. The molecule has 1 saturated heterocycles. The fraction of sp³-hybridized carbons (Fsp3) is 0.720. The van der Waals surface area contributed by atoms with Gasteiger partial charge in [-0.1, -0.05) is 30.7 Å². The molecule has 1 heterocycles. The van der Waals surface area contributed by atoms with Gasteiger partial charge in [0.15, 0.2) is 0 Å². The summed E-state index contributed by atoms with van der Waals surface area (Å²) < 4.78 is 0. The maximum atomic E-state index is 12.3. The molecule has 1 unspecified atom stereocenters. The van der Waals surface area contributed by atoms with Crippen LogP contribution in [-0.4, -0.2) is 49.6 Å². The Morgan fingerprint density at radius 1 is 1.17 bits per heavy atom. The van der Waals surface area contributed by atoms with E-state index in [0.29, 0.717) is 0 Å². The van der Waals surface area contributed by atoms with Crippen molar-refractivity contribution in [1.29, 1.82) is 0 Å². The zero-order valence-electron chi connectivity index (χ0n) is 18.2. The Hall–Kier alpha value is -1.55. The Morgan fingerprint density at radius 3 is 2.66 bits per heavy atom. The number of piperidine rings is 1. The molecule has 1 aromatic carbocycles. The quantitative estimate of drug-likeness (QED) is 0.811. The van der Waals surface area contributed by atoms with Gasteiger partial charge < -0.3 is 15.1 Å². The van der Waals surface area contributed by atoms with Gasteiger partial charge in [-0.3, -0.25) is 0 Å². The van der Waals surface area contributed by atoms with Crippen LogP contribution in [0.2, 0.25) is 0 Å². The van der Waals surface area contributed by atoms with E-state index in [-0.39, 0.29) is 17.5 Å². The average Bonchev–Trinajstić information content (AvgIpc) is 3.42. The Morgan fingerprint density at radius 2 is 1.97 bits per heavy atom. The number of hydrogen-bond donors (Lipinski definition) is 1. The lowest BCUT2D eigenvalue weighted by Crippen LogP contribution is -2.43. The Labute approximate surface area is 176 Å². The minimum absolute atomic E-state index is 0.0187. The number of hydrogen-bond acceptors (Lipinski definition) is 2. The predicted molar refractivity (Wildman–Crippen MR) is 117 cm³/mol. The molecule has 0 radical (unpaired) electrons. The zero-order chi connectivity index (χ0) is 20.0. The molecule has 3 fully saturated rings. The van der Waals surface area contributed by atoms with Gasteiger partial charge in [0.05, 0.1) is 6.04 Å². The highest BCUT2D eigenvalue weighted by atomic mass is 16.2. The number of fused-ring (bicyclic) bond motifs is 4. The molecular weight excluding hydrogens is 358 g/mol. The zero-order valence-corrected chi connectivity index (χ0v) is 18.2. The number of rotatable bonds is 4. The van der Waals surface area contributed by atoms with Crippen molar-refractivity contribution in [3.63, 3.8) is 0 Å². The van der Waals surface area contributed by atoms with Gasteiger partial charge >= 0.3 is 6.03 Å². The molecule has 4 heteroatoms. The standard InChI is InChI=1S/C25H37N3O/c1-27(2)24(29)26-23-17-25(22-6-4-3-5-21(22)23)10-13-28(14-11-25)12-9-20-16-18-7-8-19(20)15-18/h3-6,18-20,23H,7-17H2,1-2H3,(H,26,29)/t18-,19-,20?,23+/m1/s1. The number of likely N-dealkylation sites (tertiary alicyclic amines) is 1. The summed E-state index contributed by atoms with van der Waals surface area (Å²) in [6.45, 7) is 3.72. The van der Waals surface area contributed by atoms with Crippen LogP contribution in [0.1, 0.15) is 68.5 Å². The van der Waals surface area contributed by atoms with Crippen LogP contribution >= 0.6 is 0 Å². The molecule has 29 heavy (non-hydrogen) atoms. The molecule has 5 rings (SSSR count). The van der Waals surface area contributed by atoms with Gasteiger partial charge in [-0.15, -0.1) is 0 Å². The first-order valence-electron chi connectivity index (χ1n) is 11.8. The summed E-state index contributed by atoms with van der Waals surface area (Å²) >= 11 is 0. The first-order valence-corrected chi connectivity index (χ1v) is 11.8. The Balaban J connectivity index is 1.21. The highest BCUT2D eigenvalue weighted by Crippen LogP contribution is 2.52. The maximum absolute atomic E-state index is 12.3. The van der Waals surface area contributed by atoms with Crippen LogP contribution < -0.4 is 5.32 Å². The molecule has 1 aliphatic heterocycles. The van der Waals surface area contributed by atoms with E-state index in [2.05, 4.69) is 34.5 Å². The monoisotopic (exact) mass is 395 g/mol. The van der Waals surface area contributed by atoms with Gasteiger partial charge in [0.2, 0.25) is 0 Å². The summed E-state index contributed by atoms with van der Waals surface area (Å²) in [7, 11) is 3.64. The van der Waals surface area contributed by atoms with Crippen LogP contribution in [0.5, 0.6) is 0 Å². The number of urea groups is 1. The van der Waals surface area contributed by atoms with Crippen LogP contribution in [0.4, 0.5) is 4.79 Å². The number of benzene rings is 1. The second-order valence-corrected chi connectivity index (χ2v) is 10.5. The van der Waals surface area contributed by atoms with E-state index in [9.17, 15) is 4.79 Å². The summed E-state index contributed by atoms with van der Waals surface area (Å²) in [5, 5.41) is 3.27. The van der Waals surface area contributed by atoms with Crippen molar-refractivity contribution in [2.45, 2.75) is 62.8 Å². The van der Waals surface area contributed by atoms with Gasteiger partial charge in [-0.25, -0.2) is 4.79 Å². The van der Waals surface area contributed by atoms with Gasteiger partial charge in [-0.2, -0.15) is 0 Å². The third-order valence-corrected chi connectivity index (χ3v) is 8.72. The predicted octanol–water partition coefficient (Wildman–Crippen LogP) is 4.56. The minimum Gasteiger partial charge on any atom is -0.331 e. The normalized spacial score (nSPS) is 32.5. The number of carbonyl (C=O) groups excluding carboxylic acids is 1. The molecule has 1 spiro atoms. The van der Waals surface area contributed by atoms with Crippen LogP contribution in [0.25, 0.3) is 0 Å². The molecule has 158 valence electrons. The van der Waals surface area contributed by atoms with Gasteiger partial charge in [0.25, 0.3) is 0 Å². The smallest absolute Gasteiger partial charge is 0.317 e. The van der Waals surface area contributed by atoms with E-state index < -0.39 is 0 Å². The molecule has 1 aromatic rings. The third kappa shape index (κ3) is 3.58. The summed E-state index contributed by atoms with van der Waals surface area (Å²) in [6.07, 6.45) is 11.0. The third-order valence-electron chi connectivity index (χ3n) is 8.72. The lowest BCUT2D eigenvalue weighted by molar-refractivity contribution is 0.138. The highest BCUT2D eigenvalue weighted by Gasteiger charge is 2.46. The molecule has 4 aliphatic rings. The summed E-state index contributed by atoms with van der Waals surface area (Å²) in [4.78, 5) is 16.7. The molecule has 2 amide bonds. The fourth-order valence-electron chi connectivity index (χ4n) is 7.06. The molecule has 3 aliphatic carbocycles. The summed E-state index contributed by atoms with van der Waals surface area (Å²) in [6, 6.07) is 9.02.